The Hall–Kier alpha value is -3.05. The molecule has 0 unspecified atom stereocenters. The number of benzene rings is 1. The van der Waals surface area contributed by atoms with E-state index in [1.165, 1.54) is 12.1 Å². The van der Waals surface area contributed by atoms with Crippen LogP contribution < -0.4 is 10.5 Å². The summed E-state index contributed by atoms with van der Waals surface area (Å²) in [7, 11) is 0. The van der Waals surface area contributed by atoms with E-state index < -0.39 is 10.8 Å². The van der Waals surface area contributed by atoms with Gasteiger partial charge in [-0.25, -0.2) is 0 Å². The largest absolute Gasteiger partial charge is 0.420 e. The third-order valence-electron chi connectivity index (χ3n) is 3.63. The number of nitrogens with two attached hydrogens (primary N) is 1. The van der Waals surface area contributed by atoms with Gasteiger partial charge >= 0.3 is 0 Å². The van der Waals surface area contributed by atoms with Gasteiger partial charge in [0.2, 0.25) is 11.8 Å². The van der Waals surface area contributed by atoms with Crippen molar-refractivity contribution in [3.8, 4) is 11.9 Å². The van der Waals surface area contributed by atoms with Crippen LogP contribution in [0, 0.1) is 28.4 Å². The zero-order valence-corrected chi connectivity index (χ0v) is 12.6. The number of nitro benzene ring substituents is 1. The molecule has 2 heterocycles. The molecule has 3 N–H and O–H groups in total. The van der Waals surface area contributed by atoms with Crippen LogP contribution in [0.4, 0.5) is 5.69 Å². The molecule has 0 saturated carbocycles. The zero-order valence-electron chi connectivity index (χ0n) is 11.8. The highest BCUT2D eigenvalue weighted by Gasteiger charge is 2.35. The smallest absolute Gasteiger partial charge is 0.288 e. The number of nitrogens with one attached hydrogen (secondary N) is 1. The van der Waals surface area contributed by atoms with Crippen LogP contribution in [-0.2, 0) is 0 Å². The molecule has 23 heavy (non-hydrogen) atoms. The summed E-state index contributed by atoms with van der Waals surface area (Å²) in [6.45, 7) is 1.77. The van der Waals surface area contributed by atoms with E-state index in [2.05, 4.69) is 10.2 Å². The Bertz CT molecular complexity index is 896. The van der Waals surface area contributed by atoms with E-state index in [4.69, 9.17) is 22.1 Å². The van der Waals surface area contributed by atoms with Crippen LogP contribution in [0.25, 0.3) is 0 Å². The summed E-state index contributed by atoms with van der Waals surface area (Å²) < 4.78 is 5.34. The summed E-state index contributed by atoms with van der Waals surface area (Å²) in [5.74, 6) is -0.436. The lowest BCUT2D eigenvalue weighted by atomic mass is 9.84. The molecule has 1 atom stereocenters. The van der Waals surface area contributed by atoms with Crippen molar-refractivity contribution in [2.24, 2.45) is 5.73 Å². The second-order valence-corrected chi connectivity index (χ2v) is 5.37. The van der Waals surface area contributed by atoms with Gasteiger partial charge in [0.15, 0.2) is 0 Å². The molecule has 0 bridgehead atoms. The van der Waals surface area contributed by atoms with E-state index in [1.807, 2.05) is 6.07 Å². The first-order chi connectivity index (χ1) is 10.9. The second kappa shape index (κ2) is 5.30. The van der Waals surface area contributed by atoms with Crippen LogP contribution in [0.3, 0.4) is 0 Å². The summed E-state index contributed by atoms with van der Waals surface area (Å²) in [5, 5.41) is 27.3. The average Bonchev–Trinajstić information content (AvgIpc) is 2.87. The van der Waals surface area contributed by atoms with Crippen molar-refractivity contribution in [2.75, 3.05) is 0 Å². The highest BCUT2D eigenvalue weighted by Crippen LogP contribution is 2.43. The number of hydrogen-bond donors (Lipinski definition) is 2. The van der Waals surface area contributed by atoms with Gasteiger partial charge in [-0.15, -0.1) is 5.10 Å². The predicted molar refractivity (Wildman–Crippen MR) is 80.7 cm³/mol. The normalized spacial score (nSPS) is 16.5. The molecular formula is C14H10ClN5O3. The molecule has 0 aliphatic carbocycles. The Balaban J connectivity index is 2.25. The van der Waals surface area contributed by atoms with Crippen LogP contribution in [0.2, 0.25) is 5.02 Å². The van der Waals surface area contributed by atoms with Gasteiger partial charge in [-0.1, -0.05) is 17.7 Å². The lowest BCUT2D eigenvalue weighted by Gasteiger charge is -2.23. The van der Waals surface area contributed by atoms with Crippen molar-refractivity contribution >= 4 is 17.3 Å². The minimum atomic E-state index is -0.613. The maximum Gasteiger partial charge on any atom is 0.288 e. The van der Waals surface area contributed by atoms with Crippen LogP contribution in [0.5, 0.6) is 5.88 Å². The van der Waals surface area contributed by atoms with Crippen molar-refractivity contribution in [1.82, 2.24) is 10.2 Å². The first-order valence-corrected chi connectivity index (χ1v) is 6.88. The molecule has 1 aromatic carbocycles. The maximum atomic E-state index is 11.1. The Morgan fingerprint density at radius 1 is 1.57 bits per heavy atom. The van der Waals surface area contributed by atoms with Gasteiger partial charge in [-0.3, -0.25) is 15.2 Å². The van der Waals surface area contributed by atoms with Crippen molar-refractivity contribution in [3.05, 3.63) is 61.6 Å². The number of ether oxygens (including phenoxy) is 1. The molecule has 0 spiro atoms. The molecule has 0 amide bonds. The highest BCUT2D eigenvalue weighted by atomic mass is 35.5. The predicted octanol–water partition coefficient (Wildman–Crippen LogP) is 2.50. The summed E-state index contributed by atoms with van der Waals surface area (Å²) in [5.41, 5.74) is 7.52. The number of rotatable bonds is 2. The van der Waals surface area contributed by atoms with E-state index in [0.29, 0.717) is 16.8 Å². The summed E-state index contributed by atoms with van der Waals surface area (Å²) in [4.78, 5) is 10.5. The van der Waals surface area contributed by atoms with E-state index in [0.717, 1.165) is 0 Å². The minimum absolute atomic E-state index is 0.0189. The van der Waals surface area contributed by atoms with E-state index in [1.54, 1.807) is 13.0 Å². The van der Waals surface area contributed by atoms with Gasteiger partial charge in [0.25, 0.3) is 5.69 Å². The molecule has 8 nitrogen and oxygen atoms in total. The quantitative estimate of drug-likeness (QED) is 0.642. The van der Waals surface area contributed by atoms with Crippen molar-refractivity contribution in [1.29, 1.82) is 5.26 Å². The van der Waals surface area contributed by atoms with Crippen LogP contribution >= 0.6 is 11.6 Å². The van der Waals surface area contributed by atoms with Crippen molar-refractivity contribution < 1.29 is 9.66 Å². The fourth-order valence-corrected chi connectivity index (χ4v) is 2.77. The standard InChI is InChI=1S/C14H10ClN5O3/c1-6-11-12(7-2-3-9(15)10(4-7)20(21)22)8(5-16)13(17)23-14(11)19-18-6/h2-4,12H,17H2,1H3,(H,18,19)/t12-/m1/s1. The molecule has 3 rings (SSSR count). The molecule has 116 valence electrons. The molecule has 0 radical (unpaired) electrons. The molecule has 1 aliphatic rings. The van der Waals surface area contributed by atoms with Crippen LogP contribution in [-0.4, -0.2) is 15.1 Å². The first-order valence-electron chi connectivity index (χ1n) is 6.50. The maximum absolute atomic E-state index is 11.1. The second-order valence-electron chi connectivity index (χ2n) is 4.96. The van der Waals surface area contributed by atoms with E-state index >= 15 is 0 Å². The van der Waals surface area contributed by atoms with Crippen molar-refractivity contribution in [2.45, 2.75) is 12.8 Å². The van der Waals surface area contributed by atoms with Crippen molar-refractivity contribution in [3.63, 3.8) is 0 Å². The molecule has 1 aliphatic heterocycles. The van der Waals surface area contributed by atoms with Gasteiger partial charge in [0.05, 0.1) is 10.8 Å². The topological polar surface area (TPSA) is 131 Å². The summed E-state index contributed by atoms with van der Waals surface area (Å²) >= 11 is 5.85. The molecule has 1 aromatic heterocycles. The fraction of sp³-hybridized carbons (Fsp3) is 0.143. The summed E-state index contributed by atoms with van der Waals surface area (Å²) in [6, 6.07) is 6.38. The van der Waals surface area contributed by atoms with Gasteiger partial charge < -0.3 is 10.5 Å². The van der Waals surface area contributed by atoms with E-state index in [9.17, 15) is 15.4 Å². The van der Waals surface area contributed by atoms with Gasteiger partial charge in [-0.2, -0.15) is 5.26 Å². The molecular weight excluding hydrogens is 322 g/mol. The SMILES string of the molecule is Cc1[nH]nc2c1[C@H](c1ccc(Cl)c([N+](=O)[O-])c1)C(C#N)=C(N)O2. The third-order valence-corrected chi connectivity index (χ3v) is 3.95. The number of nitriles is 1. The number of aryl methyl sites for hydroxylation is 1. The third kappa shape index (κ3) is 2.27. The van der Waals surface area contributed by atoms with Gasteiger partial charge in [0, 0.05) is 17.3 Å². The molecule has 0 fully saturated rings. The lowest BCUT2D eigenvalue weighted by Crippen LogP contribution is -2.21. The minimum Gasteiger partial charge on any atom is -0.420 e. The van der Waals surface area contributed by atoms with Crippen LogP contribution in [0.15, 0.2) is 29.7 Å². The monoisotopic (exact) mass is 331 g/mol. The Labute approximate surface area is 135 Å². The number of allylic oxidation sites excluding steroid dienone is 1. The molecule has 0 saturated heterocycles. The number of nitrogens with zero attached hydrogens (tertiary/aromatic N) is 3. The van der Waals surface area contributed by atoms with Gasteiger partial charge in [-0.05, 0) is 18.6 Å². The molecule has 2 aromatic rings. The lowest BCUT2D eigenvalue weighted by molar-refractivity contribution is -0.384. The number of nitro groups is 1. The van der Waals surface area contributed by atoms with Crippen LogP contribution in [0.1, 0.15) is 22.7 Å². The number of aromatic amines is 1. The number of H-pyrrole nitrogens is 1. The number of aromatic nitrogens is 2. The molecule has 9 heteroatoms. The number of fused-ring (bicyclic) bond motifs is 1. The number of halogens is 1. The zero-order chi connectivity index (χ0) is 16.7. The highest BCUT2D eigenvalue weighted by molar-refractivity contribution is 6.32. The first kappa shape index (κ1) is 14.9. The van der Waals surface area contributed by atoms with E-state index in [-0.39, 0.29) is 28.0 Å². The summed E-state index contributed by atoms with van der Waals surface area (Å²) in [6.07, 6.45) is 0. The number of hydrogen-bond acceptors (Lipinski definition) is 6. The van der Waals surface area contributed by atoms with Gasteiger partial charge in [0.1, 0.15) is 16.7 Å². The Kier molecular flexibility index (Phi) is 3.42. The average molecular weight is 332 g/mol. The Morgan fingerprint density at radius 3 is 2.96 bits per heavy atom. The fourth-order valence-electron chi connectivity index (χ4n) is 2.58. The Morgan fingerprint density at radius 2 is 2.30 bits per heavy atom.